The standard InChI is InChI=1S/C24H24N2O6S/c1-31-23-14-18(8-11-22(23)32-16-17-6-3-2-4-7-17)24(28)25-20-15-19(9-10-21(20)27)26-12-5-13-33(26,29)30/h2-4,6-11,14-15,27H,5,12-13,16H2,1H3,(H,25,28). The van der Waals surface area contributed by atoms with Crippen LogP contribution in [-0.4, -0.2) is 38.8 Å². The van der Waals surface area contributed by atoms with Gasteiger partial charge in [-0.25, -0.2) is 8.42 Å². The fourth-order valence-electron chi connectivity index (χ4n) is 3.57. The second kappa shape index (κ2) is 9.41. The van der Waals surface area contributed by atoms with E-state index < -0.39 is 15.9 Å². The predicted molar refractivity (Wildman–Crippen MR) is 126 cm³/mol. The van der Waals surface area contributed by atoms with Crippen molar-refractivity contribution in [1.82, 2.24) is 0 Å². The number of benzene rings is 3. The average Bonchev–Trinajstić information content (AvgIpc) is 3.18. The highest BCUT2D eigenvalue weighted by Gasteiger charge is 2.29. The molecule has 0 aromatic heterocycles. The number of phenols is 1. The van der Waals surface area contributed by atoms with Crippen molar-refractivity contribution in [2.75, 3.05) is 29.0 Å². The number of anilines is 2. The van der Waals surface area contributed by atoms with Gasteiger partial charge >= 0.3 is 0 Å². The number of aromatic hydroxyl groups is 1. The first-order valence-electron chi connectivity index (χ1n) is 10.4. The van der Waals surface area contributed by atoms with Crippen molar-refractivity contribution in [3.05, 3.63) is 77.9 Å². The molecule has 0 unspecified atom stereocenters. The van der Waals surface area contributed by atoms with E-state index in [2.05, 4.69) is 5.32 Å². The topological polar surface area (TPSA) is 105 Å². The second-order valence-electron chi connectivity index (χ2n) is 7.54. The smallest absolute Gasteiger partial charge is 0.255 e. The molecule has 3 aromatic rings. The van der Waals surface area contributed by atoms with E-state index in [1.165, 1.54) is 29.6 Å². The van der Waals surface area contributed by atoms with Gasteiger partial charge in [-0.3, -0.25) is 9.10 Å². The molecular weight excluding hydrogens is 444 g/mol. The third-order valence-corrected chi connectivity index (χ3v) is 7.15. The number of sulfonamides is 1. The van der Waals surface area contributed by atoms with E-state index in [4.69, 9.17) is 9.47 Å². The number of carbonyl (C=O) groups excluding carboxylic acids is 1. The Kier molecular flexibility index (Phi) is 6.41. The number of hydrogen-bond donors (Lipinski definition) is 2. The van der Waals surface area contributed by atoms with Crippen molar-refractivity contribution in [1.29, 1.82) is 0 Å². The summed E-state index contributed by atoms with van der Waals surface area (Å²) in [6.07, 6.45) is 0.531. The zero-order valence-corrected chi connectivity index (χ0v) is 18.8. The molecule has 0 atom stereocenters. The van der Waals surface area contributed by atoms with Crippen molar-refractivity contribution < 1.29 is 27.8 Å². The van der Waals surface area contributed by atoms with Crippen molar-refractivity contribution in [3.8, 4) is 17.2 Å². The number of carbonyl (C=O) groups is 1. The Labute approximate surface area is 192 Å². The molecule has 1 heterocycles. The SMILES string of the molecule is COc1cc(C(=O)Nc2cc(N3CCCS3(=O)=O)ccc2O)ccc1OCc1ccccc1. The first-order chi connectivity index (χ1) is 15.9. The molecule has 1 aliphatic rings. The summed E-state index contributed by atoms with van der Waals surface area (Å²) in [6.45, 7) is 0.713. The minimum absolute atomic E-state index is 0.0774. The number of ether oxygens (including phenoxy) is 2. The maximum atomic E-state index is 12.8. The Bertz CT molecular complexity index is 1260. The number of nitrogens with one attached hydrogen (secondary N) is 1. The molecule has 172 valence electrons. The van der Waals surface area contributed by atoms with Crippen LogP contribution in [0.2, 0.25) is 0 Å². The van der Waals surface area contributed by atoms with Crippen LogP contribution in [0, 0.1) is 0 Å². The molecule has 8 nitrogen and oxygen atoms in total. The Balaban J connectivity index is 1.51. The monoisotopic (exact) mass is 468 g/mol. The Morgan fingerprint density at radius 2 is 1.85 bits per heavy atom. The molecule has 1 saturated heterocycles. The van der Waals surface area contributed by atoms with Crippen LogP contribution < -0.4 is 19.1 Å². The van der Waals surface area contributed by atoms with E-state index in [1.807, 2.05) is 30.3 Å². The number of hydrogen-bond acceptors (Lipinski definition) is 6. The van der Waals surface area contributed by atoms with Crippen LogP contribution in [0.5, 0.6) is 17.2 Å². The third-order valence-electron chi connectivity index (χ3n) is 5.28. The molecule has 1 aliphatic heterocycles. The van der Waals surface area contributed by atoms with Crippen molar-refractivity contribution in [2.24, 2.45) is 0 Å². The van der Waals surface area contributed by atoms with Gasteiger partial charge in [-0.1, -0.05) is 30.3 Å². The van der Waals surface area contributed by atoms with Crippen molar-refractivity contribution in [2.45, 2.75) is 13.0 Å². The minimum Gasteiger partial charge on any atom is -0.506 e. The highest BCUT2D eigenvalue weighted by molar-refractivity contribution is 7.93. The van der Waals surface area contributed by atoms with Gasteiger partial charge in [0.1, 0.15) is 12.4 Å². The number of methoxy groups -OCH3 is 1. The molecule has 2 N–H and O–H groups in total. The van der Waals surface area contributed by atoms with Gasteiger partial charge in [0.25, 0.3) is 5.91 Å². The molecule has 0 bridgehead atoms. The zero-order valence-electron chi connectivity index (χ0n) is 18.0. The van der Waals surface area contributed by atoms with Crippen LogP contribution in [0.25, 0.3) is 0 Å². The van der Waals surface area contributed by atoms with Gasteiger partial charge in [0.15, 0.2) is 11.5 Å². The van der Waals surface area contributed by atoms with Gasteiger partial charge in [-0.05, 0) is 48.4 Å². The van der Waals surface area contributed by atoms with Gasteiger partial charge in [0, 0.05) is 12.1 Å². The number of phenolic OH excluding ortho intramolecular Hbond substituents is 1. The fourth-order valence-corrected chi connectivity index (χ4v) is 5.12. The Morgan fingerprint density at radius 3 is 2.55 bits per heavy atom. The lowest BCUT2D eigenvalue weighted by atomic mass is 10.1. The second-order valence-corrected chi connectivity index (χ2v) is 9.55. The van der Waals surface area contributed by atoms with E-state index >= 15 is 0 Å². The molecule has 9 heteroatoms. The summed E-state index contributed by atoms with van der Waals surface area (Å²) in [5, 5.41) is 12.8. The molecule has 1 fully saturated rings. The molecule has 33 heavy (non-hydrogen) atoms. The van der Waals surface area contributed by atoms with E-state index in [0.29, 0.717) is 36.8 Å². The summed E-state index contributed by atoms with van der Waals surface area (Å²) < 4.78 is 36.9. The van der Waals surface area contributed by atoms with Gasteiger partial charge in [0.05, 0.1) is 24.2 Å². The van der Waals surface area contributed by atoms with E-state index in [0.717, 1.165) is 5.56 Å². The quantitative estimate of drug-likeness (QED) is 0.512. The molecule has 0 radical (unpaired) electrons. The zero-order chi connectivity index (χ0) is 23.4. The molecule has 0 saturated carbocycles. The van der Waals surface area contributed by atoms with E-state index in [-0.39, 0.29) is 22.8 Å². The first-order valence-corrected chi connectivity index (χ1v) is 12.0. The highest BCUT2D eigenvalue weighted by Crippen LogP contribution is 2.33. The number of rotatable bonds is 7. The highest BCUT2D eigenvalue weighted by atomic mass is 32.2. The lowest BCUT2D eigenvalue weighted by Gasteiger charge is -2.18. The largest absolute Gasteiger partial charge is 0.506 e. The normalized spacial score (nSPS) is 14.6. The predicted octanol–water partition coefficient (Wildman–Crippen LogP) is 3.77. The van der Waals surface area contributed by atoms with E-state index in [1.54, 1.807) is 18.2 Å². The summed E-state index contributed by atoms with van der Waals surface area (Å²) in [5.41, 5.74) is 1.79. The first kappa shape index (κ1) is 22.5. The molecule has 4 rings (SSSR count). The van der Waals surface area contributed by atoms with Gasteiger partial charge in [-0.2, -0.15) is 0 Å². The van der Waals surface area contributed by atoms with Crippen molar-refractivity contribution >= 4 is 27.3 Å². The number of nitrogens with zero attached hydrogens (tertiary/aromatic N) is 1. The number of amides is 1. The van der Waals surface area contributed by atoms with Gasteiger partial charge in [-0.15, -0.1) is 0 Å². The summed E-state index contributed by atoms with van der Waals surface area (Å²) in [4.78, 5) is 12.8. The molecule has 1 amide bonds. The molecule has 0 aliphatic carbocycles. The van der Waals surface area contributed by atoms with Crippen LogP contribution in [-0.2, 0) is 16.6 Å². The summed E-state index contributed by atoms with van der Waals surface area (Å²) in [6, 6.07) is 18.8. The van der Waals surface area contributed by atoms with Gasteiger partial charge < -0.3 is 19.9 Å². The van der Waals surface area contributed by atoms with Crippen LogP contribution in [0.1, 0.15) is 22.3 Å². The van der Waals surface area contributed by atoms with Gasteiger partial charge in [0.2, 0.25) is 10.0 Å². The lowest BCUT2D eigenvalue weighted by molar-refractivity contribution is 0.102. The summed E-state index contributed by atoms with van der Waals surface area (Å²) in [7, 11) is -1.90. The fraction of sp³-hybridized carbons (Fsp3) is 0.208. The average molecular weight is 469 g/mol. The van der Waals surface area contributed by atoms with Crippen LogP contribution in [0.3, 0.4) is 0 Å². The van der Waals surface area contributed by atoms with Crippen LogP contribution in [0.15, 0.2) is 66.7 Å². The lowest BCUT2D eigenvalue weighted by Crippen LogP contribution is -2.25. The minimum atomic E-state index is -3.38. The molecule has 3 aromatic carbocycles. The van der Waals surface area contributed by atoms with Crippen LogP contribution >= 0.6 is 0 Å². The van der Waals surface area contributed by atoms with Crippen molar-refractivity contribution in [3.63, 3.8) is 0 Å². The Hall–Kier alpha value is -3.72. The molecule has 0 spiro atoms. The van der Waals surface area contributed by atoms with Crippen LogP contribution in [0.4, 0.5) is 11.4 Å². The summed E-state index contributed by atoms with van der Waals surface area (Å²) in [5.74, 6) is 0.299. The maximum absolute atomic E-state index is 12.8. The third kappa shape index (κ3) is 5.04. The summed E-state index contributed by atoms with van der Waals surface area (Å²) >= 11 is 0. The maximum Gasteiger partial charge on any atom is 0.255 e. The molecular formula is C24H24N2O6S. The Morgan fingerprint density at radius 1 is 1.06 bits per heavy atom. The van der Waals surface area contributed by atoms with E-state index in [9.17, 15) is 18.3 Å².